The van der Waals surface area contributed by atoms with E-state index in [1.807, 2.05) is 6.92 Å². The lowest BCUT2D eigenvalue weighted by Gasteiger charge is -2.13. The van der Waals surface area contributed by atoms with Crippen LogP contribution in [0.15, 0.2) is 77.0 Å². The first-order valence-electron chi connectivity index (χ1n) is 16.8. The van der Waals surface area contributed by atoms with Gasteiger partial charge in [-0.05, 0) is 92.9 Å². The van der Waals surface area contributed by atoms with Crippen molar-refractivity contribution in [1.29, 1.82) is 0 Å². The van der Waals surface area contributed by atoms with Gasteiger partial charge in [0, 0.05) is 6.42 Å². The van der Waals surface area contributed by atoms with E-state index >= 15 is 0 Å². The van der Waals surface area contributed by atoms with E-state index < -0.39 is 17.8 Å². The fourth-order valence-electron chi connectivity index (χ4n) is 4.81. The molecule has 0 saturated heterocycles. The number of esters is 3. The largest absolute Gasteiger partial charge is 0.459 e. The summed E-state index contributed by atoms with van der Waals surface area (Å²) in [5.41, 5.74) is 0.715. The van der Waals surface area contributed by atoms with Gasteiger partial charge in [-0.3, -0.25) is 4.79 Å². The second-order valence-electron chi connectivity index (χ2n) is 11.7. The number of unbranched alkanes of at least 4 members (excludes halogenated alkanes) is 9. The molecule has 0 bridgehead atoms. The molecule has 0 N–H and O–H groups in total. The Labute approximate surface area is 277 Å². The maximum absolute atomic E-state index is 14.8. The van der Waals surface area contributed by atoms with Crippen molar-refractivity contribution >= 4 is 29.3 Å². The van der Waals surface area contributed by atoms with Crippen molar-refractivity contribution in [2.24, 2.45) is 10.2 Å². The quantitative estimate of drug-likeness (QED) is 0.0523. The maximum Gasteiger partial charge on any atom is 0.343 e. The topological polar surface area (TPSA) is 104 Å². The van der Waals surface area contributed by atoms with Gasteiger partial charge in [-0.15, -0.1) is 5.11 Å². The van der Waals surface area contributed by atoms with Crippen molar-refractivity contribution in [2.45, 2.75) is 110 Å². The number of rotatable bonds is 20. The highest BCUT2D eigenvalue weighted by atomic mass is 19.1. The Kier molecular flexibility index (Phi) is 16.3. The average Bonchev–Trinajstić information content (AvgIpc) is 3.06. The molecule has 0 aromatic heterocycles. The van der Waals surface area contributed by atoms with Crippen LogP contribution in [0.4, 0.5) is 15.8 Å². The number of azo groups is 1. The van der Waals surface area contributed by atoms with Gasteiger partial charge in [-0.1, -0.05) is 71.6 Å². The molecule has 0 unspecified atom stereocenters. The number of carbonyl (C=O) groups excluding carboxylic acids is 3. The van der Waals surface area contributed by atoms with Crippen LogP contribution in [-0.4, -0.2) is 24.0 Å². The van der Waals surface area contributed by atoms with Gasteiger partial charge < -0.3 is 14.2 Å². The molecule has 0 spiro atoms. The van der Waals surface area contributed by atoms with Crippen LogP contribution in [0.2, 0.25) is 0 Å². The molecule has 0 aliphatic rings. The minimum absolute atomic E-state index is 0.00973. The third kappa shape index (κ3) is 13.9. The zero-order valence-electron chi connectivity index (χ0n) is 27.8. The molecule has 0 saturated carbocycles. The lowest BCUT2D eigenvalue weighted by molar-refractivity contribution is -0.134. The number of benzene rings is 3. The Morgan fingerprint density at radius 1 is 0.660 bits per heavy atom. The van der Waals surface area contributed by atoms with E-state index in [4.69, 9.17) is 14.2 Å². The third-order valence-electron chi connectivity index (χ3n) is 7.58. The predicted octanol–water partition coefficient (Wildman–Crippen LogP) is 11.0. The van der Waals surface area contributed by atoms with Gasteiger partial charge in [0.2, 0.25) is 0 Å². The number of hydrogen-bond donors (Lipinski definition) is 0. The Morgan fingerprint density at radius 2 is 1.23 bits per heavy atom. The standard InChI is InChI=1S/C38H47FN2O6/c1-4-6-8-10-11-12-14-16-36(42)46-32-24-20-31(21-25-32)40-41-35-26-19-30(27-34(35)39)38(44)47-33-22-17-29(18-23-33)37(43)45-28(3)15-13-9-7-5-2/h17-28H,4-16H2,1-3H3/t28-/m0/s1. The van der Waals surface area contributed by atoms with Gasteiger partial charge in [-0.25, -0.2) is 14.0 Å². The first-order valence-corrected chi connectivity index (χ1v) is 16.8. The van der Waals surface area contributed by atoms with Crippen molar-refractivity contribution in [2.75, 3.05) is 0 Å². The van der Waals surface area contributed by atoms with Gasteiger partial charge >= 0.3 is 17.9 Å². The molecule has 3 rings (SSSR count). The van der Waals surface area contributed by atoms with Crippen LogP contribution in [0.5, 0.6) is 11.5 Å². The molecular formula is C38H47FN2O6. The molecule has 47 heavy (non-hydrogen) atoms. The minimum Gasteiger partial charge on any atom is -0.459 e. The molecule has 1 atom stereocenters. The summed E-state index contributed by atoms with van der Waals surface area (Å²) in [5.74, 6) is -1.62. The molecule has 8 nitrogen and oxygen atoms in total. The van der Waals surface area contributed by atoms with Gasteiger partial charge in [0.25, 0.3) is 0 Å². The lowest BCUT2D eigenvalue weighted by atomic mass is 10.1. The van der Waals surface area contributed by atoms with E-state index in [1.165, 1.54) is 68.5 Å². The molecule has 0 amide bonds. The number of nitrogens with zero attached hydrogens (tertiary/aromatic N) is 2. The van der Waals surface area contributed by atoms with E-state index in [1.54, 1.807) is 24.3 Å². The Balaban J connectivity index is 1.45. The second-order valence-corrected chi connectivity index (χ2v) is 11.7. The summed E-state index contributed by atoms with van der Waals surface area (Å²) in [4.78, 5) is 37.2. The highest BCUT2D eigenvalue weighted by molar-refractivity contribution is 5.92. The predicted molar refractivity (Wildman–Crippen MR) is 180 cm³/mol. The fourth-order valence-corrected chi connectivity index (χ4v) is 4.81. The molecule has 252 valence electrons. The lowest BCUT2D eigenvalue weighted by Crippen LogP contribution is -2.15. The molecule has 3 aromatic rings. The summed E-state index contributed by atoms with van der Waals surface area (Å²) in [6.45, 7) is 6.21. The fraction of sp³-hybridized carbons (Fsp3) is 0.447. The molecule has 9 heteroatoms. The minimum atomic E-state index is -0.763. The van der Waals surface area contributed by atoms with Gasteiger partial charge in [-0.2, -0.15) is 5.11 Å². The highest BCUT2D eigenvalue weighted by Gasteiger charge is 2.15. The van der Waals surface area contributed by atoms with E-state index in [2.05, 4.69) is 24.1 Å². The highest BCUT2D eigenvalue weighted by Crippen LogP contribution is 2.25. The molecule has 0 fully saturated rings. The van der Waals surface area contributed by atoms with Crippen LogP contribution in [0.25, 0.3) is 0 Å². The summed E-state index contributed by atoms with van der Waals surface area (Å²) in [7, 11) is 0. The van der Waals surface area contributed by atoms with Gasteiger partial charge in [0.05, 0.1) is 22.9 Å². The van der Waals surface area contributed by atoms with Crippen LogP contribution >= 0.6 is 0 Å². The SMILES string of the molecule is CCCCCCCCCC(=O)Oc1ccc(N=Nc2ccc(C(=O)Oc3ccc(C(=O)O[C@@H](C)CCCCCC)cc3)cc2F)cc1. The smallest absolute Gasteiger partial charge is 0.343 e. The summed E-state index contributed by atoms with van der Waals surface area (Å²) in [5, 5.41) is 7.99. The third-order valence-corrected chi connectivity index (χ3v) is 7.58. The van der Waals surface area contributed by atoms with Crippen LogP contribution in [0, 0.1) is 5.82 Å². The van der Waals surface area contributed by atoms with Crippen molar-refractivity contribution in [3.8, 4) is 11.5 Å². The summed E-state index contributed by atoms with van der Waals surface area (Å²) in [6, 6.07) is 16.2. The van der Waals surface area contributed by atoms with Gasteiger partial charge in [0.1, 0.15) is 17.2 Å². The van der Waals surface area contributed by atoms with Crippen molar-refractivity contribution in [3.63, 3.8) is 0 Å². The van der Waals surface area contributed by atoms with Crippen LogP contribution in [0.3, 0.4) is 0 Å². The maximum atomic E-state index is 14.8. The van der Waals surface area contributed by atoms with Crippen LogP contribution < -0.4 is 9.47 Å². The Morgan fingerprint density at radius 3 is 1.89 bits per heavy atom. The summed E-state index contributed by atoms with van der Waals surface area (Å²) >= 11 is 0. The Bertz CT molecular complexity index is 1440. The number of halogens is 1. The normalized spacial score (nSPS) is 11.7. The number of hydrogen-bond acceptors (Lipinski definition) is 8. The number of ether oxygens (including phenoxy) is 3. The van der Waals surface area contributed by atoms with Crippen molar-refractivity contribution in [3.05, 3.63) is 83.7 Å². The summed E-state index contributed by atoms with van der Waals surface area (Å²) in [6.07, 6.45) is 13.3. The van der Waals surface area contributed by atoms with Crippen LogP contribution in [0.1, 0.15) is 125 Å². The monoisotopic (exact) mass is 646 g/mol. The molecule has 0 heterocycles. The average molecular weight is 647 g/mol. The molecule has 0 aliphatic heterocycles. The number of carbonyl (C=O) groups is 3. The molecular weight excluding hydrogens is 599 g/mol. The van der Waals surface area contributed by atoms with E-state index in [-0.39, 0.29) is 29.1 Å². The molecule has 0 aliphatic carbocycles. The first kappa shape index (κ1) is 37.1. The Hall–Kier alpha value is -4.40. The van der Waals surface area contributed by atoms with Crippen molar-refractivity contribution in [1.82, 2.24) is 0 Å². The summed E-state index contributed by atoms with van der Waals surface area (Å²) < 4.78 is 31.0. The van der Waals surface area contributed by atoms with Crippen molar-refractivity contribution < 1.29 is 33.0 Å². The van der Waals surface area contributed by atoms with E-state index in [0.717, 1.165) is 51.0 Å². The second kappa shape index (κ2) is 20.7. The zero-order chi connectivity index (χ0) is 33.9. The first-order chi connectivity index (χ1) is 22.8. The van der Waals surface area contributed by atoms with E-state index in [0.29, 0.717) is 23.4 Å². The van der Waals surface area contributed by atoms with E-state index in [9.17, 15) is 18.8 Å². The van der Waals surface area contributed by atoms with Gasteiger partial charge in [0.15, 0.2) is 5.82 Å². The van der Waals surface area contributed by atoms with Crippen LogP contribution in [-0.2, 0) is 9.53 Å². The zero-order valence-corrected chi connectivity index (χ0v) is 27.8. The molecule has 3 aromatic carbocycles. The molecule has 0 radical (unpaired) electrons.